The fraction of sp³-hybridized carbons (Fsp3) is 0.474. The molecule has 1 aromatic carbocycles. The van der Waals surface area contributed by atoms with Crippen LogP contribution in [0.1, 0.15) is 32.4 Å². The Bertz CT molecular complexity index is 721. The quantitative estimate of drug-likeness (QED) is 0.821. The number of benzene rings is 1. The standard InChI is InChI=1S/C19H26N4O2/c1-6-25-19(24)16-11(2)15-12(3)21-22-18(15)20-17(16)13-7-9-14(10-8-13)23(4)5/h7-10,15,17-18,20,22H,6H2,1-5H3/t15-,17-,18+/m1/s1. The monoisotopic (exact) mass is 342 g/mol. The van der Waals surface area contributed by atoms with Crippen molar-refractivity contribution in [3.63, 3.8) is 0 Å². The molecule has 2 heterocycles. The number of carbonyl (C=O) groups excluding carboxylic acids is 1. The molecule has 0 amide bonds. The number of anilines is 1. The van der Waals surface area contributed by atoms with E-state index in [2.05, 4.69) is 45.0 Å². The van der Waals surface area contributed by atoms with Gasteiger partial charge in [0.05, 0.1) is 24.1 Å². The molecule has 0 aromatic heterocycles. The summed E-state index contributed by atoms with van der Waals surface area (Å²) < 4.78 is 5.34. The molecule has 0 bridgehead atoms. The molecule has 6 heteroatoms. The Morgan fingerprint density at radius 1 is 1.24 bits per heavy atom. The molecule has 0 aliphatic carbocycles. The molecule has 2 aliphatic heterocycles. The molecule has 2 N–H and O–H groups in total. The van der Waals surface area contributed by atoms with E-state index in [9.17, 15) is 4.79 Å². The molecule has 134 valence electrons. The highest BCUT2D eigenvalue weighted by Gasteiger charge is 2.42. The number of hydrogen-bond acceptors (Lipinski definition) is 6. The lowest BCUT2D eigenvalue weighted by Gasteiger charge is -2.36. The van der Waals surface area contributed by atoms with E-state index in [1.807, 2.05) is 34.9 Å². The Balaban J connectivity index is 2.02. The van der Waals surface area contributed by atoms with Crippen molar-refractivity contribution in [2.45, 2.75) is 33.0 Å². The lowest BCUT2D eigenvalue weighted by atomic mass is 9.81. The van der Waals surface area contributed by atoms with E-state index in [0.717, 1.165) is 22.5 Å². The second-order valence-electron chi connectivity index (χ2n) is 6.74. The number of carbonyl (C=O) groups is 1. The van der Waals surface area contributed by atoms with E-state index in [1.54, 1.807) is 0 Å². The Kier molecular flexibility index (Phi) is 4.81. The summed E-state index contributed by atoms with van der Waals surface area (Å²) in [5.41, 5.74) is 8.00. The molecular weight excluding hydrogens is 316 g/mol. The van der Waals surface area contributed by atoms with Gasteiger partial charge in [0, 0.05) is 25.5 Å². The predicted octanol–water partition coefficient (Wildman–Crippen LogP) is 2.20. The molecule has 0 unspecified atom stereocenters. The molecule has 0 fully saturated rings. The predicted molar refractivity (Wildman–Crippen MR) is 99.5 cm³/mol. The topological polar surface area (TPSA) is 66.0 Å². The van der Waals surface area contributed by atoms with Crippen LogP contribution in [-0.4, -0.2) is 38.5 Å². The van der Waals surface area contributed by atoms with Crippen LogP contribution in [0.25, 0.3) is 0 Å². The maximum Gasteiger partial charge on any atom is 0.335 e. The second-order valence-corrected chi connectivity index (χ2v) is 6.74. The van der Waals surface area contributed by atoms with E-state index < -0.39 is 0 Å². The van der Waals surface area contributed by atoms with Crippen molar-refractivity contribution in [3.05, 3.63) is 41.0 Å². The Morgan fingerprint density at radius 2 is 1.92 bits per heavy atom. The molecule has 25 heavy (non-hydrogen) atoms. The van der Waals surface area contributed by atoms with E-state index in [1.165, 1.54) is 0 Å². The highest BCUT2D eigenvalue weighted by Crippen LogP contribution is 2.37. The lowest BCUT2D eigenvalue weighted by Crippen LogP contribution is -2.50. The lowest BCUT2D eigenvalue weighted by molar-refractivity contribution is -0.139. The second kappa shape index (κ2) is 6.88. The first-order valence-corrected chi connectivity index (χ1v) is 8.64. The smallest absolute Gasteiger partial charge is 0.335 e. The minimum absolute atomic E-state index is 0.00305. The Morgan fingerprint density at radius 3 is 2.52 bits per heavy atom. The van der Waals surface area contributed by atoms with Gasteiger partial charge in [-0.1, -0.05) is 12.1 Å². The number of rotatable bonds is 4. The summed E-state index contributed by atoms with van der Waals surface area (Å²) in [6, 6.07) is 8.02. The first kappa shape index (κ1) is 17.5. The van der Waals surface area contributed by atoms with Gasteiger partial charge in [-0.15, -0.1) is 0 Å². The zero-order valence-electron chi connectivity index (χ0n) is 15.5. The molecule has 0 radical (unpaired) electrons. The van der Waals surface area contributed by atoms with Crippen molar-refractivity contribution >= 4 is 17.4 Å². The van der Waals surface area contributed by atoms with Gasteiger partial charge in [0.15, 0.2) is 0 Å². The molecule has 6 nitrogen and oxygen atoms in total. The summed E-state index contributed by atoms with van der Waals surface area (Å²) in [7, 11) is 4.02. The largest absolute Gasteiger partial charge is 0.463 e. The normalized spacial score (nSPS) is 25.2. The number of hydrazone groups is 1. The van der Waals surface area contributed by atoms with Crippen LogP contribution >= 0.6 is 0 Å². The third-order valence-corrected chi connectivity index (χ3v) is 4.93. The maximum atomic E-state index is 12.7. The average Bonchev–Trinajstić information content (AvgIpc) is 2.96. The van der Waals surface area contributed by atoms with Crippen molar-refractivity contribution in [1.82, 2.24) is 10.7 Å². The number of hydrogen-bond donors (Lipinski definition) is 2. The molecular formula is C19H26N4O2. The zero-order valence-corrected chi connectivity index (χ0v) is 15.5. The summed E-state index contributed by atoms with van der Waals surface area (Å²) in [6.07, 6.45) is -0.00305. The van der Waals surface area contributed by atoms with Gasteiger partial charge in [-0.2, -0.15) is 5.10 Å². The van der Waals surface area contributed by atoms with Gasteiger partial charge >= 0.3 is 5.97 Å². The van der Waals surface area contributed by atoms with Gasteiger partial charge < -0.3 is 9.64 Å². The summed E-state index contributed by atoms with van der Waals surface area (Å²) >= 11 is 0. The summed E-state index contributed by atoms with van der Waals surface area (Å²) in [4.78, 5) is 14.7. The number of nitrogens with one attached hydrogen (secondary N) is 2. The Labute approximate surface area is 148 Å². The van der Waals surface area contributed by atoms with Crippen LogP contribution in [0.15, 0.2) is 40.5 Å². The SMILES string of the molecule is CCOC(=O)C1=C(C)[C@@H]2C(C)=NN[C@@H]2N[C@@H]1c1ccc(N(C)C)cc1. The molecule has 2 aliphatic rings. The maximum absolute atomic E-state index is 12.7. The van der Waals surface area contributed by atoms with Crippen LogP contribution in [0, 0.1) is 5.92 Å². The van der Waals surface area contributed by atoms with Gasteiger partial charge in [0.1, 0.15) is 6.17 Å². The molecule has 3 rings (SSSR count). The summed E-state index contributed by atoms with van der Waals surface area (Å²) in [6.45, 7) is 6.19. The van der Waals surface area contributed by atoms with E-state index in [-0.39, 0.29) is 24.1 Å². The van der Waals surface area contributed by atoms with Crippen LogP contribution in [0.3, 0.4) is 0 Å². The van der Waals surface area contributed by atoms with E-state index >= 15 is 0 Å². The van der Waals surface area contributed by atoms with Crippen LogP contribution in [-0.2, 0) is 9.53 Å². The highest BCUT2D eigenvalue weighted by molar-refractivity contribution is 5.96. The first-order chi connectivity index (χ1) is 11.9. The van der Waals surface area contributed by atoms with Gasteiger partial charge in [-0.25, -0.2) is 4.79 Å². The average molecular weight is 342 g/mol. The van der Waals surface area contributed by atoms with E-state index in [4.69, 9.17) is 4.74 Å². The number of nitrogens with zero attached hydrogens (tertiary/aromatic N) is 2. The fourth-order valence-electron chi connectivity index (χ4n) is 3.63. The third-order valence-electron chi connectivity index (χ3n) is 4.93. The summed E-state index contributed by atoms with van der Waals surface area (Å²) in [5, 5.41) is 7.88. The number of esters is 1. The van der Waals surface area contributed by atoms with Crippen molar-refractivity contribution in [2.75, 3.05) is 25.6 Å². The minimum atomic E-state index is -0.257. The van der Waals surface area contributed by atoms with Crippen LogP contribution in [0.5, 0.6) is 0 Å². The van der Waals surface area contributed by atoms with Gasteiger partial charge in [0.25, 0.3) is 0 Å². The minimum Gasteiger partial charge on any atom is -0.463 e. The van der Waals surface area contributed by atoms with Gasteiger partial charge in [-0.05, 0) is 44.0 Å². The Hall–Kier alpha value is -2.34. The first-order valence-electron chi connectivity index (χ1n) is 8.64. The van der Waals surface area contributed by atoms with Crippen molar-refractivity contribution < 1.29 is 9.53 Å². The fourth-order valence-corrected chi connectivity index (χ4v) is 3.63. The molecule has 3 atom stereocenters. The molecule has 1 aromatic rings. The number of fused-ring (bicyclic) bond motifs is 1. The molecule has 0 saturated heterocycles. The van der Waals surface area contributed by atoms with Crippen molar-refractivity contribution in [3.8, 4) is 0 Å². The van der Waals surface area contributed by atoms with Crippen LogP contribution < -0.4 is 15.6 Å². The van der Waals surface area contributed by atoms with Crippen LogP contribution in [0.2, 0.25) is 0 Å². The van der Waals surface area contributed by atoms with E-state index in [0.29, 0.717) is 12.2 Å². The highest BCUT2D eigenvalue weighted by atomic mass is 16.5. The summed E-state index contributed by atoms with van der Waals surface area (Å²) in [5.74, 6) is -0.177. The van der Waals surface area contributed by atoms with Gasteiger partial charge in [-0.3, -0.25) is 10.7 Å². The van der Waals surface area contributed by atoms with Gasteiger partial charge in [0.2, 0.25) is 0 Å². The molecule has 0 saturated carbocycles. The number of ether oxygens (including phenoxy) is 1. The zero-order chi connectivity index (χ0) is 18.1. The molecule has 0 spiro atoms. The van der Waals surface area contributed by atoms with Crippen molar-refractivity contribution in [2.24, 2.45) is 11.0 Å². The van der Waals surface area contributed by atoms with Crippen molar-refractivity contribution in [1.29, 1.82) is 0 Å². The third kappa shape index (κ3) is 3.14. The van der Waals surface area contributed by atoms with Crippen LogP contribution in [0.4, 0.5) is 5.69 Å².